The SMILES string of the molecule is Nc1c(Cl)cc(C(N)CO)cc1C(F)(F)F. The third-order valence-corrected chi connectivity index (χ3v) is 2.39. The minimum absolute atomic E-state index is 0.0917. The van der Waals surface area contributed by atoms with Crippen LogP contribution in [0.15, 0.2) is 12.1 Å². The maximum Gasteiger partial charge on any atom is 0.418 e. The summed E-state index contributed by atoms with van der Waals surface area (Å²) in [5.74, 6) is 0. The van der Waals surface area contributed by atoms with E-state index in [-0.39, 0.29) is 10.6 Å². The van der Waals surface area contributed by atoms with E-state index in [0.29, 0.717) is 0 Å². The van der Waals surface area contributed by atoms with Crippen molar-refractivity contribution in [2.24, 2.45) is 5.73 Å². The summed E-state index contributed by atoms with van der Waals surface area (Å²) in [4.78, 5) is 0. The van der Waals surface area contributed by atoms with Gasteiger partial charge in [-0.1, -0.05) is 11.6 Å². The van der Waals surface area contributed by atoms with Crippen LogP contribution >= 0.6 is 11.6 Å². The van der Waals surface area contributed by atoms with E-state index in [4.69, 9.17) is 28.2 Å². The van der Waals surface area contributed by atoms with Gasteiger partial charge in [0.05, 0.1) is 28.9 Å². The van der Waals surface area contributed by atoms with Crippen LogP contribution < -0.4 is 11.5 Å². The maximum absolute atomic E-state index is 12.5. The third kappa shape index (κ3) is 2.58. The van der Waals surface area contributed by atoms with E-state index in [0.717, 1.165) is 6.07 Å². The summed E-state index contributed by atoms with van der Waals surface area (Å²) >= 11 is 5.56. The standard InChI is InChI=1S/C9H10ClF3N2O/c10-6-2-4(7(14)3-16)1-5(8(6)15)9(11,12)13/h1-2,7,16H,3,14-15H2. The summed E-state index contributed by atoms with van der Waals surface area (Å²) < 4.78 is 37.6. The average Bonchev–Trinajstić information content (AvgIpc) is 2.18. The van der Waals surface area contributed by atoms with Gasteiger partial charge < -0.3 is 16.6 Å². The van der Waals surface area contributed by atoms with Crippen LogP contribution in [0.1, 0.15) is 17.2 Å². The molecular formula is C9H10ClF3N2O. The highest BCUT2D eigenvalue weighted by atomic mass is 35.5. The molecule has 3 nitrogen and oxygen atoms in total. The molecule has 0 radical (unpaired) electrons. The summed E-state index contributed by atoms with van der Waals surface area (Å²) in [6.07, 6.45) is -4.60. The molecule has 0 aliphatic carbocycles. The third-order valence-electron chi connectivity index (χ3n) is 2.08. The molecule has 0 aliphatic heterocycles. The number of hydrogen-bond donors (Lipinski definition) is 3. The fourth-order valence-electron chi connectivity index (χ4n) is 1.19. The molecule has 16 heavy (non-hydrogen) atoms. The lowest BCUT2D eigenvalue weighted by Crippen LogP contribution is -2.17. The molecule has 0 spiro atoms. The van der Waals surface area contributed by atoms with E-state index < -0.39 is 30.1 Å². The molecule has 0 heterocycles. The molecule has 0 aliphatic rings. The fourth-order valence-corrected chi connectivity index (χ4v) is 1.42. The molecule has 0 aromatic heterocycles. The molecule has 0 saturated heterocycles. The Labute approximate surface area is 94.8 Å². The quantitative estimate of drug-likeness (QED) is 0.706. The highest BCUT2D eigenvalue weighted by Crippen LogP contribution is 2.38. The number of nitrogen functional groups attached to an aromatic ring is 1. The molecule has 0 amide bonds. The lowest BCUT2D eigenvalue weighted by molar-refractivity contribution is -0.137. The monoisotopic (exact) mass is 254 g/mol. The zero-order valence-corrected chi connectivity index (χ0v) is 8.81. The second-order valence-corrected chi connectivity index (χ2v) is 3.66. The van der Waals surface area contributed by atoms with Gasteiger partial charge in [0.25, 0.3) is 0 Å². The normalized spacial score (nSPS) is 13.9. The van der Waals surface area contributed by atoms with Crippen molar-refractivity contribution < 1.29 is 18.3 Å². The molecule has 90 valence electrons. The van der Waals surface area contributed by atoms with Crippen LogP contribution in [0.2, 0.25) is 5.02 Å². The zero-order valence-electron chi connectivity index (χ0n) is 8.05. The van der Waals surface area contributed by atoms with Crippen molar-refractivity contribution in [2.45, 2.75) is 12.2 Å². The van der Waals surface area contributed by atoms with Gasteiger partial charge in [-0.15, -0.1) is 0 Å². The van der Waals surface area contributed by atoms with Gasteiger partial charge in [0.2, 0.25) is 0 Å². The number of aliphatic hydroxyl groups is 1. The summed E-state index contributed by atoms with van der Waals surface area (Å²) in [6.45, 7) is -0.475. The number of halogens is 4. The number of benzene rings is 1. The second-order valence-electron chi connectivity index (χ2n) is 3.25. The topological polar surface area (TPSA) is 72.3 Å². The summed E-state index contributed by atoms with van der Waals surface area (Å²) in [6, 6.07) is 1.09. The number of anilines is 1. The first-order valence-corrected chi connectivity index (χ1v) is 4.67. The molecule has 1 atom stereocenters. The smallest absolute Gasteiger partial charge is 0.397 e. The van der Waals surface area contributed by atoms with Crippen LogP contribution in [-0.4, -0.2) is 11.7 Å². The first-order chi connectivity index (χ1) is 7.27. The van der Waals surface area contributed by atoms with Gasteiger partial charge in [-0.25, -0.2) is 0 Å². The Hall–Kier alpha value is -0.980. The van der Waals surface area contributed by atoms with Gasteiger partial charge >= 0.3 is 6.18 Å². The maximum atomic E-state index is 12.5. The zero-order chi connectivity index (χ0) is 12.5. The predicted octanol–water partition coefficient (Wildman–Crippen LogP) is 1.93. The van der Waals surface area contributed by atoms with Crippen molar-refractivity contribution in [1.82, 2.24) is 0 Å². The van der Waals surface area contributed by atoms with Crippen LogP contribution in [0.4, 0.5) is 18.9 Å². The predicted molar refractivity (Wildman–Crippen MR) is 54.9 cm³/mol. The van der Waals surface area contributed by atoms with Crippen molar-refractivity contribution in [3.63, 3.8) is 0 Å². The fraction of sp³-hybridized carbons (Fsp3) is 0.333. The highest BCUT2D eigenvalue weighted by Gasteiger charge is 2.34. The van der Waals surface area contributed by atoms with E-state index in [9.17, 15) is 13.2 Å². The Morgan fingerprint density at radius 1 is 1.38 bits per heavy atom. The Morgan fingerprint density at radius 3 is 2.38 bits per heavy atom. The minimum atomic E-state index is -4.60. The number of nitrogens with two attached hydrogens (primary N) is 2. The molecule has 0 bridgehead atoms. The molecule has 0 fully saturated rings. The van der Waals surface area contributed by atoms with E-state index in [2.05, 4.69) is 0 Å². The van der Waals surface area contributed by atoms with Gasteiger partial charge in [-0.2, -0.15) is 13.2 Å². The van der Waals surface area contributed by atoms with Gasteiger partial charge in [0, 0.05) is 0 Å². The van der Waals surface area contributed by atoms with Crippen molar-refractivity contribution in [3.05, 3.63) is 28.3 Å². The van der Waals surface area contributed by atoms with Crippen molar-refractivity contribution >= 4 is 17.3 Å². The van der Waals surface area contributed by atoms with Gasteiger partial charge in [0.15, 0.2) is 0 Å². The number of alkyl halides is 3. The lowest BCUT2D eigenvalue weighted by atomic mass is 10.0. The summed E-state index contributed by atoms with van der Waals surface area (Å²) in [5, 5.41) is 8.53. The van der Waals surface area contributed by atoms with Gasteiger partial charge in [0.1, 0.15) is 0 Å². The van der Waals surface area contributed by atoms with Crippen molar-refractivity contribution in [2.75, 3.05) is 12.3 Å². The summed E-state index contributed by atoms with van der Waals surface area (Å²) in [5.41, 5.74) is 9.14. The molecular weight excluding hydrogens is 245 g/mol. The molecule has 1 aromatic rings. The first kappa shape index (κ1) is 13.1. The average molecular weight is 255 g/mol. The molecule has 7 heteroatoms. The Morgan fingerprint density at radius 2 is 1.94 bits per heavy atom. The Bertz CT molecular complexity index is 395. The Kier molecular flexibility index (Phi) is 3.67. The van der Waals surface area contributed by atoms with Crippen LogP contribution in [0.5, 0.6) is 0 Å². The van der Waals surface area contributed by atoms with E-state index in [1.807, 2.05) is 0 Å². The molecule has 5 N–H and O–H groups in total. The highest BCUT2D eigenvalue weighted by molar-refractivity contribution is 6.33. The molecule has 1 aromatic carbocycles. The Balaban J connectivity index is 3.33. The van der Waals surface area contributed by atoms with E-state index in [1.54, 1.807) is 0 Å². The second kappa shape index (κ2) is 4.48. The molecule has 1 rings (SSSR count). The van der Waals surface area contributed by atoms with E-state index >= 15 is 0 Å². The van der Waals surface area contributed by atoms with Crippen LogP contribution in [0.25, 0.3) is 0 Å². The minimum Gasteiger partial charge on any atom is -0.397 e. The molecule has 1 unspecified atom stereocenters. The van der Waals surface area contributed by atoms with Gasteiger partial charge in [-0.3, -0.25) is 0 Å². The van der Waals surface area contributed by atoms with Crippen molar-refractivity contribution in [3.8, 4) is 0 Å². The summed E-state index contributed by atoms with van der Waals surface area (Å²) in [7, 11) is 0. The van der Waals surface area contributed by atoms with Crippen LogP contribution in [0.3, 0.4) is 0 Å². The lowest BCUT2D eigenvalue weighted by Gasteiger charge is -2.16. The van der Waals surface area contributed by atoms with Crippen molar-refractivity contribution in [1.29, 1.82) is 0 Å². The van der Waals surface area contributed by atoms with E-state index in [1.165, 1.54) is 6.07 Å². The number of aliphatic hydroxyl groups excluding tert-OH is 1. The van der Waals surface area contributed by atoms with Gasteiger partial charge in [-0.05, 0) is 17.7 Å². The first-order valence-electron chi connectivity index (χ1n) is 4.30. The number of rotatable bonds is 2. The van der Waals surface area contributed by atoms with Crippen LogP contribution in [0, 0.1) is 0 Å². The molecule has 0 saturated carbocycles. The van der Waals surface area contributed by atoms with Crippen LogP contribution in [-0.2, 0) is 6.18 Å². The number of hydrogen-bond acceptors (Lipinski definition) is 3. The largest absolute Gasteiger partial charge is 0.418 e.